The first-order valence-electron chi connectivity index (χ1n) is 9.02. The Morgan fingerprint density at radius 3 is 2.23 bits per heavy atom. The van der Waals surface area contributed by atoms with Crippen LogP contribution in [-0.2, 0) is 9.59 Å². The van der Waals surface area contributed by atoms with E-state index in [1.807, 2.05) is 45.0 Å². The molecule has 1 aromatic rings. The van der Waals surface area contributed by atoms with Crippen LogP contribution in [0.4, 0.5) is 5.69 Å². The molecule has 2 N–H and O–H groups in total. The zero-order valence-electron chi connectivity index (χ0n) is 15.8. The second-order valence-electron chi connectivity index (χ2n) is 7.76. The van der Waals surface area contributed by atoms with Gasteiger partial charge in [-0.05, 0) is 81.1 Å². The van der Waals surface area contributed by atoms with Crippen molar-refractivity contribution in [2.75, 3.05) is 44.6 Å². The number of hydrogen-bond donors (Lipinski definition) is 2. The number of hydrogen-bond acceptors (Lipinski definition) is 4. The average Bonchev–Trinajstić information content (AvgIpc) is 2.70. The van der Waals surface area contributed by atoms with Crippen LogP contribution in [-0.4, -0.2) is 66.4 Å². The highest BCUT2D eigenvalue weighted by Crippen LogP contribution is 2.12. The topological polar surface area (TPSA) is 64.7 Å². The van der Waals surface area contributed by atoms with E-state index in [9.17, 15) is 9.59 Å². The summed E-state index contributed by atoms with van der Waals surface area (Å²) in [5.74, 6) is 0.0632. The summed E-state index contributed by atoms with van der Waals surface area (Å²) in [6.07, 6.45) is 0.958. The Labute approximate surface area is 169 Å². The predicted molar refractivity (Wildman–Crippen MR) is 113 cm³/mol. The van der Waals surface area contributed by atoms with Crippen LogP contribution in [0.3, 0.4) is 0 Å². The summed E-state index contributed by atoms with van der Waals surface area (Å²) < 4.78 is 1.10. The van der Waals surface area contributed by atoms with Crippen LogP contribution < -0.4 is 10.6 Å². The van der Waals surface area contributed by atoms with Gasteiger partial charge in [-0.25, -0.2) is 0 Å². The second-order valence-corrected chi connectivity index (χ2v) is 9.01. The van der Waals surface area contributed by atoms with E-state index in [-0.39, 0.29) is 17.4 Å². The monoisotopic (exact) mass is 472 g/mol. The van der Waals surface area contributed by atoms with Crippen molar-refractivity contribution in [3.63, 3.8) is 0 Å². The summed E-state index contributed by atoms with van der Waals surface area (Å²) in [4.78, 5) is 28.7. The molecule has 0 unspecified atom stereocenters. The number of nitrogens with zero attached hydrogens (tertiary/aromatic N) is 2. The maximum Gasteiger partial charge on any atom is 0.238 e. The Hall–Kier alpha value is -1.19. The van der Waals surface area contributed by atoms with Gasteiger partial charge >= 0.3 is 0 Å². The normalized spacial score (nSPS) is 16.8. The molecule has 0 bridgehead atoms. The zero-order chi connectivity index (χ0) is 19.2. The minimum atomic E-state index is -0.206. The fourth-order valence-corrected chi connectivity index (χ4v) is 3.51. The van der Waals surface area contributed by atoms with Gasteiger partial charge in [-0.15, -0.1) is 0 Å². The van der Waals surface area contributed by atoms with Crippen molar-refractivity contribution < 1.29 is 9.59 Å². The van der Waals surface area contributed by atoms with Crippen LogP contribution in [0.5, 0.6) is 0 Å². The smallest absolute Gasteiger partial charge is 0.238 e. The number of anilines is 1. The van der Waals surface area contributed by atoms with Gasteiger partial charge in [-0.2, -0.15) is 0 Å². The Morgan fingerprint density at radius 1 is 1.04 bits per heavy atom. The molecule has 1 heterocycles. The van der Waals surface area contributed by atoms with Gasteiger partial charge in [-0.3, -0.25) is 19.4 Å². The number of carbonyl (C=O) groups is 2. The lowest BCUT2D eigenvalue weighted by Crippen LogP contribution is -2.46. The third kappa shape index (κ3) is 8.01. The minimum absolute atomic E-state index is 0.00549. The van der Waals surface area contributed by atoms with Gasteiger partial charge in [0.25, 0.3) is 0 Å². The molecule has 6 nitrogen and oxygen atoms in total. The van der Waals surface area contributed by atoms with Crippen LogP contribution in [0.25, 0.3) is 0 Å². The van der Waals surface area contributed by atoms with Gasteiger partial charge in [-0.1, -0.05) is 6.07 Å². The highest BCUT2D eigenvalue weighted by molar-refractivity contribution is 14.1. The van der Waals surface area contributed by atoms with Crippen molar-refractivity contribution in [3.05, 3.63) is 27.8 Å². The lowest BCUT2D eigenvalue weighted by molar-refractivity contribution is -0.123. The lowest BCUT2D eigenvalue weighted by Gasteiger charge is -2.25. The summed E-state index contributed by atoms with van der Waals surface area (Å²) in [6, 6.07) is 7.79. The Kier molecular flexibility index (Phi) is 7.85. The lowest BCUT2D eigenvalue weighted by atomic mass is 10.1. The third-order valence-electron chi connectivity index (χ3n) is 4.04. The van der Waals surface area contributed by atoms with Crippen LogP contribution >= 0.6 is 22.6 Å². The molecule has 0 radical (unpaired) electrons. The molecule has 0 aliphatic carbocycles. The van der Waals surface area contributed by atoms with Gasteiger partial charge in [0.05, 0.1) is 13.1 Å². The molecule has 0 spiro atoms. The number of carbonyl (C=O) groups excluding carboxylic acids is 2. The molecule has 144 valence electrons. The van der Waals surface area contributed by atoms with E-state index >= 15 is 0 Å². The minimum Gasteiger partial charge on any atom is -0.350 e. The van der Waals surface area contributed by atoms with E-state index in [0.717, 1.165) is 41.9 Å². The first-order valence-corrected chi connectivity index (χ1v) is 10.1. The largest absolute Gasteiger partial charge is 0.350 e. The Morgan fingerprint density at radius 2 is 1.65 bits per heavy atom. The van der Waals surface area contributed by atoms with Crippen LogP contribution in [0.2, 0.25) is 0 Å². The molecule has 1 saturated heterocycles. The van der Waals surface area contributed by atoms with E-state index < -0.39 is 0 Å². The summed E-state index contributed by atoms with van der Waals surface area (Å²) in [6.45, 7) is 10.1. The van der Waals surface area contributed by atoms with Crippen LogP contribution in [0.1, 0.15) is 27.2 Å². The van der Waals surface area contributed by atoms with Crippen molar-refractivity contribution in [3.8, 4) is 0 Å². The molecule has 0 aromatic heterocycles. The number of benzene rings is 1. The zero-order valence-corrected chi connectivity index (χ0v) is 18.0. The molecule has 1 aliphatic heterocycles. The quantitative estimate of drug-likeness (QED) is 0.645. The van der Waals surface area contributed by atoms with Gasteiger partial charge in [0.15, 0.2) is 0 Å². The number of halogens is 1. The molecular formula is C19H29IN4O2. The molecule has 1 aliphatic rings. The second kappa shape index (κ2) is 9.66. The molecule has 1 fully saturated rings. The average molecular weight is 472 g/mol. The first kappa shape index (κ1) is 21.1. The van der Waals surface area contributed by atoms with Crippen molar-refractivity contribution >= 4 is 40.1 Å². The van der Waals surface area contributed by atoms with Gasteiger partial charge < -0.3 is 10.6 Å². The van der Waals surface area contributed by atoms with E-state index in [1.54, 1.807) is 0 Å². The fourth-order valence-electron chi connectivity index (χ4n) is 2.97. The van der Waals surface area contributed by atoms with E-state index in [2.05, 4.69) is 43.0 Å². The van der Waals surface area contributed by atoms with Crippen molar-refractivity contribution in [2.45, 2.75) is 32.7 Å². The van der Waals surface area contributed by atoms with Gasteiger partial charge in [0, 0.05) is 27.9 Å². The van der Waals surface area contributed by atoms with Crippen molar-refractivity contribution in [1.29, 1.82) is 0 Å². The molecule has 7 heteroatoms. The summed E-state index contributed by atoms with van der Waals surface area (Å²) in [5, 5.41) is 5.96. The van der Waals surface area contributed by atoms with Gasteiger partial charge in [0.2, 0.25) is 11.8 Å². The number of amides is 2. The molecule has 0 saturated carbocycles. The van der Waals surface area contributed by atoms with E-state index in [0.29, 0.717) is 13.1 Å². The van der Waals surface area contributed by atoms with Crippen molar-refractivity contribution in [1.82, 2.24) is 15.1 Å². The molecule has 1 aromatic carbocycles. The maximum atomic E-state index is 12.3. The van der Waals surface area contributed by atoms with Crippen LogP contribution in [0.15, 0.2) is 24.3 Å². The molecule has 2 rings (SSSR count). The summed E-state index contributed by atoms with van der Waals surface area (Å²) in [7, 11) is 0. The molecule has 0 atom stereocenters. The summed E-state index contributed by atoms with van der Waals surface area (Å²) in [5.41, 5.74) is 0.625. The van der Waals surface area contributed by atoms with Crippen LogP contribution in [0, 0.1) is 3.57 Å². The molecule has 26 heavy (non-hydrogen) atoms. The Bertz CT molecular complexity index is 630. The molecular weight excluding hydrogens is 443 g/mol. The fraction of sp³-hybridized carbons (Fsp3) is 0.579. The van der Waals surface area contributed by atoms with E-state index in [1.165, 1.54) is 0 Å². The van der Waals surface area contributed by atoms with E-state index in [4.69, 9.17) is 0 Å². The predicted octanol–water partition coefficient (Wildman–Crippen LogP) is 2.15. The first-order chi connectivity index (χ1) is 12.2. The third-order valence-corrected chi connectivity index (χ3v) is 4.71. The molecule has 2 amide bonds. The SMILES string of the molecule is CC(C)(C)NC(=O)CN1CCCN(CC(=O)Nc2cccc(I)c2)CC1. The van der Waals surface area contributed by atoms with Crippen molar-refractivity contribution in [2.24, 2.45) is 0 Å². The number of rotatable bonds is 5. The summed E-state index contributed by atoms with van der Waals surface area (Å²) >= 11 is 2.23. The Balaban J connectivity index is 1.77. The number of nitrogens with one attached hydrogen (secondary N) is 2. The maximum absolute atomic E-state index is 12.3. The highest BCUT2D eigenvalue weighted by atomic mass is 127. The standard InChI is InChI=1S/C19H29IN4O2/c1-19(2,3)22-18(26)14-24-9-5-8-23(10-11-24)13-17(25)21-16-7-4-6-15(20)12-16/h4,6-7,12H,5,8-11,13-14H2,1-3H3,(H,21,25)(H,22,26). The van der Waals surface area contributed by atoms with Gasteiger partial charge in [0.1, 0.15) is 0 Å². The highest BCUT2D eigenvalue weighted by Gasteiger charge is 2.20.